The molecule has 15 nitrogen and oxygen atoms in total. The number of sulfonamides is 1. The summed E-state index contributed by atoms with van der Waals surface area (Å²) in [4.78, 5) is 44.4. The number of hydrogen-bond donors (Lipinski definition) is 1. The Kier molecular flexibility index (Phi) is 7.92. The predicted molar refractivity (Wildman–Crippen MR) is 165 cm³/mol. The highest BCUT2D eigenvalue weighted by Gasteiger charge is 2.39. The topological polar surface area (TPSA) is 163 Å². The number of rotatable bonds is 10. The summed E-state index contributed by atoms with van der Waals surface area (Å²) in [6.45, 7) is 2.04. The Hall–Kier alpha value is -5.98. The van der Waals surface area contributed by atoms with E-state index in [1.807, 2.05) is 11.6 Å². The number of benzene rings is 3. The van der Waals surface area contributed by atoms with Crippen molar-refractivity contribution in [3.05, 3.63) is 101 Å². The summed E-state index contributed by atoms with van der Waals surface area (Å²) in [5.41, 5.74) is 1.15. The molecule has 19 heteroatoms. The molecule has 1 N–H and O–H groups in total. The quantitative estimate of drug-likeness (QED) is 0.212. The Morgan fingerprint density at radius 3 is 2.24 bits per heavy atom. The number of fused-ring (bicyclic) bond motifs is 1. The van der Waals surface area contributed by atoms with Crippen LogP contribution in [0.1, 0.15) is 32.0 Å². The number of ether oxygens (including phenoxy) is 1. The average molecular weight is 714 g/mol. The molecular formula is C31H26F3N7O8S. The number of halogens is 3. The molecule has 0 saturated carbocycles. The summed E-state index contributed by atoms with van der Waals surface area (Å²) < 4.78 is 79.4. The zero-order valence-electron chi connectivity index (χ0n) is 25.9. The first-order valence-electron chi connectivity index (χ1n) is 14.9. The minimum absolute atomic E-state index is 0.122. The van der Waals surface area contributed by atoms with Gasteiger partial charge in [-0.15, -0.1) is 0 Å². The molecule has 1 saturated heterocycles. The molecule has 0 aliphatic carbocycles. The molecule has 5 aromatic rings. The van der Waals surface area contributed by atoms with Crippen molar-refractivity contribution in [3.63, 3.8) is 0 Å². The van der Waals surface area contributed by atoms with Gasteiger partial charge in [-0.05, 0) is 49.4 Å². The molecule has 4 heterocycles. The smallest absolute Gasteiger partial charge is 0.435 e. The molecule has 1 fully saturated rings. The van der Waals surface area contributed by atoms with Gasteiger partial charge in [0.25, 0.3) is 21.8 Å². The van der Waals surface area contributed by atoms with Crippen LogP contribution in [-0.4, -0.2) is 77.4 Å². The molecular weight excluding hydrogens is 687 g/mol. The average Bonchev–Trinajstić information content (AvgIpc) is 3.58. The molecule has 0 atom stereocenters. The van der Waals surface area contributed by atoms with Crippen molar-refractivity contribution >= 4 is 27.9 Å². The second kappa shape index (κ2) is 12.2. The lowest BCUT2D eigenvalue weighted by molar-refractivity contribution is -0.141. The summed E-state index contributed by atoms with van der Waals surface area (Å²) in [6.07, 6.45) is -5.93. The van der Waals surface area contributed by atoms with E-state index in [1.54, 1.807) is 53.5 Å². The van der Waals surface area contributed by atoms with Gasteiger partial charge in [0.15, 0.2) is 5.69 Å². The van der Waals surface area contributed by atoms with Gasteiger partial charge in [-0.2, -0.15) is 22.9 Å². The molecule has 2 aromatic heterocycles. The molecule has 0 radical (unpaired) electrons. The van der Waals surface area contributed by atoms with Crippen LogP contribution in [0.4, 0.5) is 18.0 Å². The maximum atomic E-state index is 13.5. The second-order valence-electron chi connectivity index (χ2n) is 11.5. The van der Waals surface area contributed by atoms with E-state index in [0.29, 0.717) is 18.7 Å². The van der Waals surface area contributed by atoms with Crippen LogP contribution in [-0.2, 0) is 20.9 Å². The highest BCUT2D eigenvalue weighted by atomic mass is 32.2. The van der Waals surface area contributed by atoms with Gasteiger partial charge in [-0.25, -0.2) is 27.5 Å². The summed E-state index contributed by atoms with van der Waals surface area (Å²) >= 11 is 0. The lowest BCUT2D eigenvalue weighted by Crippen LogP contribution is -2.54. The number of amides is 3. The number of carbonyl (C=O) groups is 3. The Morgan fingerprint density at radius 1 is 0.980 bits per heavy atom. The van der Waals surface area contributed by atoms with Crippen molar-refractivity contribution in [1.29, 1.82) is 0 Å². The maximum absolute atomic E-state index is 13.5. The molecule has 2 aliphatic heterocycles. The van der Waals surface area contributed by atoms with Gasteiger partial charge in [0.1, 0.15) is 5.02 Å². The first-order valence-corrected chi connectivity index (χ1v) is 16.4. The van der Waals surface area contributed by atoms with E-state index in [4.69, 9.17) is 14.2 Å². The molecule has 0 bridgehead atoms. The molecule has 260 valence electrons. The van der Waals surface area contributed by atoms with Gasteiger partial charge in [0.05, 0.1) is 34.0 Å². The standard InChI is InChI=1S/C31H26F3N7O8S/c1-19-6-8-21(9-7-19)26-14-27(31(32,33)34)35-39(26)22-10-12-23(13-11-22)50(45,46)36-30(44)47-17-20-15-37(16-20)40-41(49-40)48-18-38-28(42)24-4-2-3-5-25(24)29(38)43/h2-14,20H,15-18H2,1H3,(H,36,44). The van der Waals surface area contributed by atoms with Crippen LogP contribution in [0.15, 0.2) is 88.4 Å². The largest absolute Gasteiger partial charge is 0.448 e. The fourth-order valence-electron chi connectivity index (χ4n) is 5.33. The van der Waals surface area contributed by atoms with Gasteiger partial charge in [-0.3, -0.25) is 14.6 Å². The van der Waals surface area contributed by atoms with Crippen molar-refractivity contribution < 1.29 is 50.2 Å². The number of carbonyl (C=O) groups excluding carboxylic acids is 3. The van der Waals surface area contributed by atoms with E-state index in [9.17, 15) is 36.0 Å². The van der Waals surface area contributed by atoms with E-state index >= 15 is 0 Å². The second-order valence-corrected chi connectivity index (χ2v) is 13.2. The number of nitrogens with zero attached hydrogens (tertiary/aromatic N) is 6. The van der Waals surface area contributed by atoms with Crippen molar-refractivity contribution in [3.8, 4) is 16.9 Å². The van der Waals surface area contributed by atoms with Crippen LogP contribution in [0.5, 0.6) is 0 Å². The molecule has 3 amide bonds. The zero-order chi connectivity index (χ0) is 35.4. The lowest BCUT2D eigenvalue weighted by atomic mass is 10.0. The van der Waals surface area contributed by atoms with Crippen LogP contribution in [0.25, 0.3) is 16.9 Å². The van der Waals surface area contributed by atoms with Gasteiger partial charge in [0, 0.05) is 29.5 Å². The summed E-state index contributed by atoms with van der Waals surface area (Å²) in [5, 5.41) is 6.34. The fourth-order valence-corrected chi connectivity index (χ4v) is 6.22. The number of hydrogen-bond acceptors (Lipinski definition) is 10. The third kappa shape index (κ3) is 6.29. The normalized spacial score (nSPS) is 15.0. The molecule has 2 aliphatic rings. The third-order valence-electron chi connectivity index (χ3n) is 8.02. The van der Waals surface area contributed by atoms with Crippen LogP contribution in [0, 0.1) is 12.8 Å². The number of aromatic nitrogens is 4. The molecule has 3 aromatic carbocycles. The Bertz CT molecular complexity index is 2160. The minimum atomic E-state index is -4.71. The van der Waals surface area contributed by atoms with E-state index in [-0.39, 0.29) is 46.7 Å². The fraction of sp³-hybridized carbons (Fsp3) is 0.226. The van der Waals surface area contributed by atoms with Gasteiger partial charge < -0.3 is 9.57 Å². The summed E-state index contributed by atoms with van der Waals surface area (Å²) in [7, 11) is -4.39. The Labute approximate surface area is 280 Å². The zero-order valence-corrected chi connectivity index (χ0v) is 26.7. The van der Waals surface area contributed by atoms with Gasteiger partial charge in [0.2, 0.25) is 6.73 Å². The molecule has 7 rings (SSSR count). The molecule has 0 unspecified atom stereocenters. The summed E-state index contributed by atoms with van der Waals surface area (Å²) in [6, 6.07) is 18.9. The van der Waals surface area contributed by atoms with Crippen molar-refractivity contribution in [2.24, 2.45) is 5.92 Å². The van der Waals surface area contributed by atoms with Crippen molar-refractivity contribution in [2.45, 2.75) is 18.0 Å². The van der Waals surface area contributed by atoms with E-state index < -0.39 is 39.8 Å². The number of alkyl halides is 3. The monoisotopic (exact) mass is 713 g/mol. The minimum Gasteiger partial charge on any atom is -0.448 e. The molecule has 0 spiro atoms. The molecule has 50 heavy (non-hydrogen) atoms. The summed E-state index contributed by atoms with van der Waals surface area (Å²) in [5.74, 6) is -1.15. The highest BCUT2D eigenvalue weighted by molar-refractivity contribution is 7.90. The predicted octanol–water partition coefficient (Wildman–Crippen LogP) is 3.43. The Balaban J connectivity index is 0.896. The lowest BCUT2D eigenvalue weighted by Gasteiger charge is -2.35. The van der Waals surface area contributed by atoms with E-state index in [2.05, 4.69) is 5.10 Å². The first-order chi connectivity index (χ1) is 23.8. The van der Waals surface area contributed by atoms with E-state index in [1.165, 1.54) is 17.1 Å². The van der Waals surface area contributed by atoms with Crippen molar-refractivity contribution in [1.82, 2.24) is 29.4 Å². The van der Waals surface area contributed by atoms with E-state index in [0.717, 1.165) is 38.4 Å². The van der Waals surface area contributed by atoms with Crippen LogP contribution in [0.2, 0.25) is 0 Å². The maximum Gasteiger partial charge on any atom is 0.435 e. The number of aryl methyl sites for hydroxylation is 1. The van der Waals surface area contributed by atoms with Crippen LogP contribution >= 0.6 is 0 Å². The SMILES string of the molecule is Cc1ccc(-c2cc(C(F)(F)F)nn2-c2ccc(S(=O)(=O)NC(=O)OCC3CN(n4on4OCN4C(=O)c5ccccc5C4=O)C3)cc2)cc1. The number of imide groups is 1. The van der Waals surface area contributed by atoms with Crippen LogP contribution in [0.3, 0.4) is 0 Å². The van der Waals surface area contributed by atoms with Gasteiger partial charge in [-0.1, -0.05) is 42.0 Å². The third-order valence-corrected chi connectivity index (χ3v) is 9.35. The van der Waals surface area contributed by atoms with Crippen molar-refractivity contribution in [2.75, 3.05) is 31.4 Å². The highest BCUT2D eigenvalue weighted by Crippen LogP contribution is 2.33. The first kappa shape index (κ1) is 32.6. The van der Waals surface area contributed by atoms with Crippen LogP contribution < -0.4 is 14.6 Å². The Morgan fingerprint density at radius 2 is 1.62 bits per heavy atom. The van der Waals surface area contributed by atoms with Gasteiger partial charge >= 0.3 is 12.3 Å². The number of nitrogens with one attached hydrogen (secondary N) is 1.